The van der Waals surface area contributed by atoms with Gasteiger partial charge in [0.05, 0.1) is 12.2 Å². The van der Waals surface area contributed by atoms with Crippen molar-refractivity contribution in [2.24, 2.45) is 0 Å². The molecule has 0 aliphatic rings. The lowest BCUT2D eigenvalue weighted by Gasteiger charge is -2.15. The van der Waals surface area contributed by atoms with E-state index in [1.807, 2.05) is 36.1 Å². The molecule has 0 radical (unpaired) electrons. The number of methoxy groups -OCH3 is 1. The van der Waals surface area contributed by atoms with Gasteiger partial charge in [-0.05, 0) is 30.8 Å². The molecule has 0 atom stereocenters. The zero-order chi connectivity index (χ0) is 16.1. The molecule has 0 spiro atoms. The minimum atomic E-state index is 0.336. The average Bonchev–Trinajstić information content (AvgIpc) is 3.20. The summed E-state index contributed by atoms with van der Waals surface area (Å²) in [5.41, 5.74) is 2.24. The van der Waals surface area contributed by atoms with Crippen LogP contribution in [0, 0.1) is 0 Å². The molecular formula is C16H19N5O2. The van der Waals surface area contributed by atoms with Gasteiger partial charge in [0.2, 0.25) is 0 Å². The number of rotatable bonds is 7. The predicted octanol–water partition coefficient (Wildman–Crippen LogP) is 2.03. The summed E-state index contributed by atoms with van der Waals surface area (Å²) in [5.74, 6) is 1.15. The zero-order valence-electron chi connectivity index (χ0n) is 13.2. The Morgan fingerprint density at radius 1 is 1.26 bits per heavy atom. The molecule has 0 saturated heterocycles. The zero-order valence-corrected chi connectivity index (χ0v) is 13.2. The molecule has 0 unspecified atom stereocenters. The quantitative estimate of drug-likeness (QED) is 0.665. The van der Waals surface area contributed by atoms with Crippen LogP contribution in [0.3, 0.4) is 0 Å². The maximum Gasteiger partial charge on any atom is 0.252 e. The summed E-state index contributed by atoms with van der Waals surface area (Å²) in [6, 6.07) is 10.2. The van der Waals surface area contributed by atoms with Crippen molar-refractivity contribution in [3.63, 3.8) is 0 Å². The van der Waals surface area contributed by atoms with Crippen LogP contribution in [0.25, 0.3) is 5.69 Å². The maximum atomic E-state index is 5.10. The summed E-state index contributed by atoms with van der Waals surface area (Å²) in [7, 11) is 3.62. The predicted molar refractivity (Wildman–Crippen MR) is 83.7 cm³/mol. The summed E-state index contributed by atoms with van der Waals surface area (Å²) >= 11 is 0. The number of hydrogen-bond donors (Lipinski definition) is 0. The van der Waals surface area contributed by atoms with Gasteiger partial charge >= 0.3 is 0 Å². The van der Waals surface area contributed by atoms with E-state index in [1.165, 1.54) is 5.56 Å². The molecule has 3 aromatic rings. The van der Waals surface area contributed by atoms with Crippen molar-refractivity contribution in [3.8, 4) is 5.69 Å². The Bertz CT molecular complexity index is 739. The van der Waals surface area contributed by atoms with E-state index in [0.29, 0.717) is 24.9 Å². The van der Waals surface area contributed by atoms with E-state index in [9.17, 15) is 0 Å². The largest absolute Gasteiger partial charge is 0.375 e. The van der Waals surface area contributed by atoms with Crippen LogP contribution in [0.4, 0.5) is 0 Å². The molecule has 0 aliphatic heterocycles. The highest BCUT2D eigenvalue weighted by Crippen LogP contribution is 2.12. The van der Waals surface area contributed by atoms with Gasteiger partial charge in [-0.15, -0.1) is 0 Å². The first-order chi connectivity index (χ1) is 11.2. The third-order valence-electron chi connectivity index (χ3n) is 3.32. The normalized spacial score (nSPS) is 11.3. The molecule has 7 heteroatoms. The molecule has 1 aromatic carbocycles. The summed E-state index contributed by atoms with van der Waals surface area (Å²) in [6.07, 6.45) is 3.70. The molecular weight excluding hydrogens is 294 g/mol. The Morgan fingerprint density at radius 2 is 2.17 bits per heavy atom. The number of aromatic nitrogens is 4. The molecule has 120 valence electrons. The topological polar surface area (TPSA) is 69.2 Å². The van der Waals surface area contributed by atoms with Crippen molar-refractivity contribution in [3.05, 3.63) is 60.0 Å². The summed E-state index contributed by atoms with van der Waals surface area (Å²) in [6.45, 7) is 1.73. The van der Waals surface area contributed by atoms with Crippen LogP contribution in [-0.2, 0) is 24.4 Å². The molecule has 2 heterocycles. The van der Waals surface area contributed by atoms with Crippen LogP contribution < -0.4 is 0 Å². The smallest absolute Gasteiger partial charge is 0.252 e. The van der Waals surface area contributed by atoms with Gasteiger partial charge in [-0.3, -0.25) is 4.90 Å². The van der Waals surface area contributed by atoms with E-state index in [-0.39, 0.29) is 0 Å². The molecule has 0 amide bonds. The van der Waals surface area contributed by atoms with E-state index >= 15 is 0 Å². The average molecular weight is 313 g/mol. The minimum Gasteiger partial charge on any atom is -0.375 e. The Morgan fingerprint density at radius 3 is 2.96 bits per heavy atom. The molecule has 0 bridgehead atoms. The fourth-order valence-corrected chi connectivity index (χ4v) is 2.36. The van der Waals surface area contributed by atoms with Gasteiger partial charge in [0.1, 0.15) is 6.61 Å². The van der Waals surface area contributed by atoms with Crippen LogP contribution in [0.15, 0.2) is 47.2 Å². The highest BCUT2D eigenvalue weighted by Gasteiger charge is 2.09. The SMILES string of the molecule is COCc1nc(CN(C)Cc2cccc(-n3cccn3)c2)no1. The van der Waals surface area contributed by atoms with Crippen molar-refractivity contribution in [2.75, 3.05) is 14.2 Å². The Hall–Kier alpha value is -2.51. The van der Waals surface area contributed by atoms with E-state index in [0.717, 1.165) is 12.2 Å². The molecule has 0 aliphatic carbocycles. The van der Waals surface area contributed by atoms with Gasteiger partial charge in [-0.2, -0.15) is 10.1 Å². The van der Waals surface area contributed by atoms with Gasteiger partial charge in [0.25, 0.3) is 5.89 Å². The summed E-state index contributed by atoms with van der Waals surface area (Å²) < 4.78 is 11.9. The minimum absolute atomic E-state index is 0.336. The van der Waals surface area contributed by atoms with Crippen LogP contribution in [0.5, 0.6) is 0 Å². The molecule has 3 rings (SSSR count). The second kappa shape index (κ2) is 7.17. The second-order valence-electron chi connectivity index (χ2n) is 5.33. The van der Waals surface area contributed by atoms with Crippen LogP contribution in [0.2, 0.25) is 0 Å². The standard InChI is InChI=1S/C16H19N5O2/c1-20(11-15-18-16(12-22-2)23-19-15)10-13-5-3-6-14(9-13)21-8-4-7-17-21/h3-9H,10-12H2,1-2H3. The molecule has 0 fully saturated rings. The van der Waals surface area contributed by atoms with Gasteiger partial charge in [-0.1, -0.05) is 17.3 Å². The number of ether oxygens (including phenoxy) is 1. The Kier molecular flexibility index (Phi) is 4.80. The first kappa shape index (κ1) is 15.4. The van der Waals surface area contributed by atoms with Crippen molar-refractivity contribution in [1.82, 2.24) is 24.8 Å². The van der Waals surface area contributed by atoms with E-state index < -0.39 is 0 Å². The van der Waals surface area contributed by atoms with Crippen molar-refractivity contribution >= 4 is 0 Å². The van der Waals surface area contributed by atoms with E-state index in [2.05, 4.69) is 32.3 Å². The van der Waals surface area contributed by atoms with Crippen LogP contribution in [0.1, 0.15) is 17.3 Å². The Labute approximate surface area is 134 Å². The molecule has 2 aromatic heterocycles. The monoisotopic (exact) mass is 313 g/mol. The van der Waals surface area contributed by atoms with Gasteiger partial charge < -0.3 is 9.26 Å². The first-order valence-electron chi connectivity index (χ1n) is 7.32. The van der Waals surface area contributed by atoms with Crippen molar-refractivity contribution < 1.29 is 9.26 Å². The van der Waals surface area contributed by atoms with Crippen molar-refractivity contribution in [1.29, 1.82) is 0 Å². The Balaban J connectivity index is 1.63. The fourth-order valence-electron chi connectivity index (χ4n) is 2.36. The lowest BCUT2D eigenvalue weighted by atomic mass is 10.2. The van der Waals surface area contributed by atoms with E-state index in [4.69, 9.17) is 9.26 Å². The van der Waals surface area contributed by atoms with Gasteiger partial charge in [0, 0.05) is 26.0 Å². The molecule has 7 nitrogen and oxygen atoms in total. The lowest BCUT2D eigenvalue weighted by molar-refractivity contribution is 0.151. The maximum absolute atomic E-state index is 5.10. The third-order valence-corrected chi connectivity index (χ3v) is 3.32. The summed E-state index contributed by atoms with van der Waals surface area (Å²) in [5, 5.41) is 8.21. The third kappa shape index (κ3) is 4.02. The fraction of sp³-hybridized carbons (Fsp3) is 0.312. The van der Waals surface area contributed by atoms with E-state index in [1.54, 1.807) is 13.3 Å². The molecule has 0 saturated carbocycles. The van der Waals surface area contributed by atoms with Crippen LogP contribution in [-0.4, -0.2) is 39.0 Å². The lowest BCUT2D eigenvalue weighted by Crippen LogP contribution is -2.18. The highest BCUT2D eigenvalue weighted by molar-refractivity contribution is 5.34. The van der Waals surface area contributed by atoms with Gasteiger partial charge in [0.15, 0.2) is 5.82 Å². The first-order valence-corrected chi connectivity index (χ1v) is 7.32. The van der Waals surface area contributed by atoms with Crippen molar-refractivity contribution in [2.45, 2.75) is 19.7 Å². The highest BCUT2D eigenvalue weighted by atomic mass is 16.5. The molecule has 23 heavy (non-hydrogen) atoms. The van der Waals surface area contributed by atoms with Gasteiger partial charge in [-0.25, -0.2) is 4.68 Å². The number of benzene rings is 1. The number of nitrogens with zero attached hydrogens (tertiary/aromatic N) is 5. The number of hydrogen-bond acceptors (Lipinski definition) is 6. The summed E-state index contributed by atoms with van der Waals surface area (Å²) in [4.78, 5) is 6.41. The second-order valence-corrected chi connectivity index (χ2v) is 5.33. The van der Waals surface area contributed by atoms with Crippen LogP contribution >= 0.6 is 0 Å². The molecule has 0 N–H and O–H groups in total.